The summed E-state index contributed by atoms with van der Waals surface area (Å²) in [6, 6.07) is 0. The van der Waals surface area contributed by atoms with Gasteiger partial charge >= 0.3 is 0 Å². The zero-order valence-electron chi connectivity index (χ0n) is 9.19. The number of nitrogen functional groups attached to an aromatic ring is 2. The third kappa shape index (κ3) is 3.01. The largest absolute Gasteiger partial charge is 0.368 e. The maximum atomic E-state index is 5.52. The maximum absolute atomic E-state index is 5.52. The summed E-state index contributed by atoms with van der Waals surface area (Å²) in [6.45, 7) is 4.77. The number of nitrogens with two attached hydrogens (primary N) is 2. The van der Waals surface area contributed by atoms with Crippen molar-refractivity contribution in [2.24, 2.45) is 0 Å². The highest BCUT2D eigenvalue weighted by Crippen LogP contribution is 2.04. The number of hydrogen-bond donors (Lipinski definition) is 3. The van der Waals surface area contributed by atoms with Gasteiger partial charge in [-0.25, -0.2) is 0 Å². The Labute approximate surface area is 94.3 Å². The Morgan fingerprint density at radius 3 is 2.56 bits per heavy atom. The molecule has 88 valence electrons. The van der Waals surface area contributed by atoms with Gasteiger partial charge in [-0.05, 0) is 19.5 Å². The van der Waals surface area contributed by atoms with E-state index in [-0.39, 0.29) is 11.9 Å². The lowest BCUT2D eigenvalue weighted by Crippen LogP contribution is -2.28. The quantitative estimate of drug-likeness (QED) is 0.580. The van der Waals surface area contributed by atoms with Gasteiger partial charge in [0.25, 0.3) is 0 Å². The first-order valence-electron chi connectivity index (χ1n) is 5.43. The lowest BCUT2D eigenvalue weighted by atomic mass is 10.4. The second-order valence-corrected chi connectivity index (χ2v) is 3.85. The molecular weight excluding hydrogens is 206 g/mol. The third-order valence-electron chi connectivity index (χ3n) is 2.51. The highest BCUT2D eigenvalue weighted by atomic mass is 15.2. The Kier molecular flexibility index (Phi) is 3.47. The monoisotopic (exact) mass is 223 g/mol. The molecule has 2 rings (SSSR count). The van der Waals surface area contributed by atoms with Gasteiger partial charge in [0.1, 0.15) is 5.82 Å². The molecule has 2 heterocycles. The van der Waals surface area contributed by atoms with Crippen molar-refractivity contribution in [3.8, 4) is 0 Å². The van der Waals surface area contributed by atoms with E-state index in [0.717, 1.165) is 32.6 Å². The van der Waals surface area contributed by atoms with Gasteiger partial charge in [-0.1, -0.05) is 0 Å². The van der Waals surface area contributed by atoms with Gasteiger partial charge in [-0.15, -0.1) is 0 Å². The van der Waals surface area contributed by atoms with Crippen LogP contribution in [0.15, 0.2) is 0 Å². The predicted octanol–water partition coefficient (Wildman–Crippen LogP) is -1.17. The summed E-state index contributed by atoms with van der Waals surface area (Å²) in [6.07, 6.45) is 1.13. The maximum Gasteiger partial charge on any atom is 0.225 e. The Balaban J connectivity index is 2.01. The highest BCUT2D eigenvalue weighted by molar-refractivity contribution is 5.25. The van der Waals surface area contributed by atoms with E-state index >= 15 is 0 Å². The summed E-state index contributed by atoms with van der Waals surface area (Å²) in [5.41, 5.74) is 11.0. The second-order valence-electron chi connectivity index (χ2n) is 3.85. The third-order valence-corrected chi connectivity index (χ3v) is 2.51. The van der Waals surface area contributed by atoms with Crippen molar-refractivity contribution in [2.75, 3.05) is 37.6 Å². The SMILES string of the molecule is Nc1nc(N)nc(CN2CCCNCC2)n1. The number of aromatic nitrogens is 3. The average molecular weight is 223 g/mol. The molecule has 0 radical (unpaired) electrons. The van der Waals surface area contributed by atoms with E-state index in [1.165, 1.54) is 0 Å². The Hall–Kier alpha value is -1.47. The van der Waals surface area contributed by atoms with Crippen molar-refractivity contribution in [2.45, 2.75) is 13.0 Å². The normalized spacial score (nSPS) is 18.2. The molecule has 7 heteroatoms. The molecule has 5 N–H and O–H groups in total. The predicted molar refractivity (Wildman–Crippen MR) is 61.4 cm³/mol. The number of nitrogens with one attached hydrogen (secondary N) is 1. The lowest BCUT2D eigenvalue weighted by Gasteiger charge is -2.18. The molecule has 1 saturated heterocycles. The van der Waals surface area contributed by atoms with Crippen LogP contribution in [0, 0.1) is 0 Å². The zero-order valence-corrected chi connectivity index (χ0v) is 9.19. The first-order valence-corrected chi connectivity index (χ1v) is 5.43. The van der Waals surface area contributed by atoms with Crippen molar-refractivity contribution in [1.82, 2.24) is 25.2 Å². The zero-order chi connectivity index (χ0) is 11.4. The molecule has 0 aliphatic carbocycles. The molecule has 1 aromatic rings. The molecule has 1 aliphatic heterocycles. The van der Waals surface area contributed by atoms with Crippen LogP contribution in [0.25, 0.3) is 0 Å². The smallest absolute Gasteiger partial charge is 0.225 e. The van der Waals surface area contributed by atoms with Gasteiger partial charge in [0.05, 0.1) is 6.54 Å². The van der Waals surface area contributed by atoms with E-state index in [9.17, 15) is 0 Å². The number of rotatable bonds is 2. The molecule has 0 unspecified atom stereocenters. The number of anilines is 2. The minimum absolute atomic E-state index is 0.190. The second kappa shape index (κ2) is 5.04. The first-order chi connectivity index (χ1) is 7.74. The molecule has 1 aromatic heterocycles. The van der Waals surface area contributed by atoms with Crippen molar-refractivity contribution in [3.63, 3.8) is 0 Å². The summed E-state index contributed by atoms with van der Waals surface area (Å²) >= 11 is 0. The van der Waals surface area contributed by atoms with Crippen LogP contribution in [0.2, 0.25) is 0 Å². The van der Waals surface area contributed by atoms with Gasteiger partial charge in [0.15, 0.2) is 0 Å². The molecular formula is C9H17N7. The van der Waals surface area contributed by atoms with Crippen LogP contribution < -0.4 is 16.8 Å². The van der Waals surface area contributed by atoms with Gasteiger partial charge in [0.2, 0.25) is 11.9 Å². The van der Waals surface area contributed by atoms with Crippen LogP contribution in [-0.2, 0) is 6.54 Å². The van der Waals surface area contributed by atoms with Crippen LogP contribution in [0.5, 0.6) is 0 Å². The Morgan fingerprint density at radius 1 is 1.06 bits per heavy atom. The Bertz CT molecular complexity index is 325. The molecule has 1 fully saturated rings. The van der Waals surface area contributed by atoms with E-state index in [1.807, 2.05) is 0 Å². The van der Waals surface area contributed by atoms with Crippen molar-refractivity contribution >= 4 is 11.9 Å². The molecule has 0 atom stereocenters. The standard InChI is InChI=1S/C9H17N7/c10-8-13-7(14-9(11)15-8)6-16-4-1-2-12-3-5-16/h12H,1-6H2,(H4,10,11,13,14,15). The van der Waals surface area contributed by atoms with E-state index in [1.54, 1.807) is 0 Å². The number of hydrogen-bond acceptors (Lipinski definition) is 7. The molecule has 0 bridgehead atoms. The van der Waals surface area contributed by atoms with Gasteiger partial charge in [-0.2, -0.15) is 15.0 Å². The van der Waals surface area contributed by atoms with Gasteiger partial charge in [0, 0.05) is 13.1 Å². The fourth-order valence-electron chi connectivity index (χ4n) is 1.79. The summed E-state index contributed by atoms with van der Waals surface area (Å²) in [5, 5.41) is 3.34. The summed E-state index contributed by atoms with van der Waals surface area (Å²) in [4.78, 5) is 14.2. The molecule has 1 aliphatic rings. The minimum Gasteiger partial charge on any atom is -0.368 e. The van der Waals surface area contributed by atoms with Crippen molar-refractivity contribution in [1.29, 1.82) is 0 Å². The molecule has 7 nitrogen and oxygen atoms in total. The topological polar surface area (TPSA) is 106 Å². The van der Waals surface area contributed by atoms with Gasteiger partial charge in [-0.3, -0.25) is 4.90 Å². The Morgan fingerprint density at radius 2 is 1.81 bits per heavy atom. The minimum atomic E-state index is 0.190. The molecule has 0 aromatic carbocycles. The first kappa shape index (κ1) is 11.0. The summed E-state index contributed by atoms with van der Waals surface area (Å²) in [7, 11) is 0. The van der Waals surface area contributed by atoms with Crippen LogP contribution in [0.3, 0.4) is 0 Å². The summed E-state index contributed by atoms with van der Waals surface area (Å²) < 4.78 is 0. The number of nitrogens with zero attached hydrogens (tertiary/aromatic N) is 4. The highest BCUT2D eigenvalue weighted by Gasteiger charge is 2.11. The van der Waals surface area contributed by atoms with E-state index in [4.69, 9.17) is 11.5 Å². The van der Waals surface area contributed by atoms with E-state index in [0.29, 0.717) is 12.4 Å². The molecule has 0 saturated carbocycles. The van der Waals surface area contributed by atoms with Crippen LogP contribution in [0.4, 0.5) is 11.9 Å². The molecule has 0 amide bonds. The van der Waals surface area contributed by atoms with Crippen LogP contribution >= 0.6 is 0 Å². The van der Waals surface area contributed by atoms with Gasteiger partial charge < -0.3 is 16.8 Å². The van der Waals surface area contributed by atoms with E-state index in [2.05, 4.69) is 25.2 Å². The lowest BCUT2D eigenvalue weighted by molar-refractivity contribution is 0.277. The fourth-order valence-corrected chi connectivity index (χ4v) is 1.79. The molecule has 0 spiro atoms. The van der Waals surface area contributed by atoms with Crippen molar-refractivity contribution < 1.29 is 0 Å². The fraction of sp³-hybridized carbons (Fsp3) is 0.667. The van der Waals surface area contributed by atoms with Crippen molar-refractivity contribution in [3.05, 3.63) is 5.82 Å². The van der Waals surface area contributed by atoms with E-state index < -0.39 is 0 Å². The summed E-state index contributed by atoms with van der Waals surface area (Å²) in [5.74, 6) is 1.03. The van der Waals surface area contributed by atoms with Crippen LogP contribution in [-0.4, -0.2) is 46.0 Å². The molecule has 16 heavy (non-hydrogen) atoms. The average Bonchev–Trinajstić information content (AvgIpc) is 2.44. The van der Waals surface area contributed by atoms with Crippen LogP contribution in [0.1, 0.15) is 12.2 Å².